The van der Waals surface area contributed by atoms with Crippen molar-refractivity contribution in [2.75, 3.05) is 23.7 Å². The van der Waals surface area contributed by atoms with Gasteiger partial charge in [0.05, 0.1) is 11.4 Å². The van der Waals surface area contributed by atoms with E-state index in [1.165, 1.54) is 11.4 Å². The van der Waals surface area contributed by atoms with Crippen molar-refractivity contribution < 1.29 is 27.5 Å². The molecule has 8 heteroatoms. The number of halogens is 3. The van der Waals surface area contributed by atoms with Gasteiger partial charge in [0.25, 0.3) is 0 Å². The van der Waals surface area contributed by atoms with E-state index in [2.05, 4.69) is 27.5 Å². The van der Waals surface area contributed by atoms with Crippen LogP contribution in [0.4, 0.5) is 24.5 Å². The Hall–Kier alpha value is -2.25. The average Bonchev–Trinajstić information content (AvgIpc) is 2.38. The zero-order chi connectivity index (χ0) is 15.2. The van der Waals surface area contributed by atoms with Gasteiger partial charge >= 0.3 is 18.1 Å². The van der Waals surface area contributed by atoms with Gasteiger partial charge < -0.3 is 15.4 Å². The number of anilines is 2. The summed E-state index contributed by atoms with van der Waals surface area (Å²) < 4.78 is 36.8. The molecule has 0 unspecified atom stereocenters. The van der Waals surface area contributed by atoms with Crippen LogP contribution in [-0.2, 0) is 14.3 Å². The smallest absolute Gasteiger partial charge is 0.387 e. The van der Waals surface area contributed by atoms with Crippen LogP contribution in [-0.4, -0.2) is 31.2 Å². The van der Waals surface area contributed by atoms with Gasteiger partial charge in [-0.15, -0.1) is 0 Å². The largest absolute Gasteiger partial charge is 0.491 e. The Bertz CT molecular complexity index is 464. The number of fused-ring (bicyclic) bond motifs is 1. The number of hydrogen-bond acceptors (Lipinski definition) is 5. The Morgan fingerprint density at radius 3 is 1.85 bits per heavy atom. The third kappa shape index (κ3) is 5.17. The molecule has 2 rings (SSSR count). The second-order valence-electron chi connectivity index (χ2n) is 3.78. The van der Waals surface area contributed by atoms with Gasteiger partial charge in [-0.1, -0.05) is 12.1 Å². The van der Waals surface area contributed by atoms with E-state index in [1.807, 2.05) is 12.1 Å². The summed E-state index contributed by atoms with van der Waals surface area (Å²) in [7, 11) is 0. The zero-order valence-corrected chi connectivity index (χ0v) is 10.6. The van der Waals surface area contributed by atoms with E-state index in [-0.39, 0.29) is 0 Å². The van der Waals surface area contributed by atoms with Gasteiger partial charge in [0.1, 0.15) is 0 Å². The maximum atomic E-state index is 11.2. The van der Waals surface area contributed by atoms with Gasteiger partial charge in [-0.3, -0.25) is 4.79 Å². The lowest BCUT2D eigenvalue weighted by Gasteiger charge is -2.18. The fourth-order valence-corrected chi connectivity index (χ4v) is 1.37. The van der Waals surface area contributed by atoms with Crippen LogP contribution in [0.15, 0.2) is 24.3 Å². The van der Waals surface area contributed by atoms with Crippen LogP contribution in [0, 0.1) is 0 Å². The van der Waals surface area contributed by atoms with Crippen molar-refractivity contribution in [1.29, 1.82) is 0 Å². The minimum absolute atomic E-state index is 0.712. The molecule has 0 fully saturated rings. The number of ether oxygens (including phenoxy) is 1. The highest BCUT2D eigenvalue weighted by atomic mass is 19.4. The van der Waals surface area contributed by atoms with E-state index in [0.29, 0.717) is 6.92 Å². The monoisotopic (exact) mass is 290 g/mol. The van der Waals surface area contributed by atoms with Crippen LogP contribution in [0.1, 0.15) is 6.92 Å². The molecule has 110 valence electrons. The van der Waals surface area contributed by atoms with E-state index < -0.39 is 18.1 Å². The molecule has 1 heterocycles. The lowest BCUT2D eigenvalue weighted by atomic mass is 10.2. The summed E-state index contributed by atoms with van der Waals surface area (Å²) in [5.74, 6) is -3.76. The Morgan fingerprint density at radius 2 is 1.55 bits per heavy atom. The summed E-state index contributed by atoms with van der Waals surface area (Å²) in [5.41, 5.74) is 2.43. The van der Waals surface area contributed by atoms with Crippen LogP contribution in [0.3, 0.4) is 0 Å². The highest BCUT2D eigenvalue weighted by Crippen LogP contribution is 2.22. The fourth-order valence-electron chi connectivity index (χ4n) is 1.37. The third-order valence-electron chi connectivity index (χ3n) is 2.15. The van der Waals surface area contributed by atoms with Crippen molar-refractivity contribution in [2.45, 2.75) is 13.1 Å². The molecule has 5 nitrogen and oxygen atoms in total. The molecule has 0 saturated heterocycles. The molecule has 1 aliphatic rings. The molecule has 0 aliphatic carbocycles. The van der Waals surface area contributed by atoms with Crippen molar-refractivity contribution in [2.24, 2.45) is 0 Å². The summed E-state index contributed by atoms with van der Waals surface area (Å²) >= 11 is 0. The standard InChI is InChI=1S/C8H10N2.C4H3F3O3/c1-2-4-8-7(3-1)9-5-6-10-8;1-2(8)10-3(9)4(5,6)7/h1-4,9-10H,5-6H2;1H3. The van der Waals surface area contributed by atoms with E-state index in [0.717, 1.165) is 13.1 Å². The molecular formula is C12H13F3N2O3. The SMILES string of the molecule is CC(=O)OC(=O)C(F)(F)F.c1ccc2c(c1)NCCN2. The zero-order valence-electron chi connectivity index (χ0n) is 10.6. The first-order valence-corrected chi connectivity index (χ1v) is 5.67. The molecule has 2 N–H and O–H groups in total. The predicted octanol–water partition coefficient (Wildman–Crippen LogP) is 2.16. The van der Waals surface area contributed by atoms with Gasteiger partial charge in [0, 0.05) is 20.0 Å². The number of esters is 2. The van der Waals surface area contributed by atoms with Crippen LogP contribution in [0.2, 0.25) is 0 Å². The van der Waals surface area contributed by atoms with E-state index in [9.17, 15) is 22.8 Å². The summed E-state index contributed by atoms with van der Waals surface area (Å²) in [4.78, 5) is 19.5. The summed E-state index contributed by atoms with van der Waals surface area (Å²) in [6, 6.07) is 8.25. The Balaban J connectivity index is 0.000000200. The van der Waals surface area contributed by atoms with Gasteiger partial charge in [-0.25, -0.2) is 4.79 Å². The Morgan fingerprint density at radius 1 is 1.10 bits per heavy atom. The fraction of sp³-hybridized carbons (Fsp3) is 0.333. The van der Waals surface area contributed by atoms with Crippen LogP contribution in [0.25, 0.3) is 0 Å². The van der Waals surface area contributed by atoms with E-state index in [1.54, 1.807) is 0 Å². The topological polar surface area (TPSA) is 67.4 Å². The summed E-state index contributed by atoms with van der Waals surface area (Å²) in [5, 5.41) is 6.60. The molecule has 1 aromatic carbocycles. The first kappa shape index (κ1) is 15.8. The molecule has 0 spiro atoms. The number of benzene rings is 1. The van der Waals surface area contributed by atoms with Gasteiger partial charge in [0.2, 0.25) is 0 Å². The number of hydrogen-bond donors (Lipinski definition) is 2. The van der Waals surface area contributed by atoms with Crippen LogP contribution >= 0.6 is 0 Å². The van der Waals surface area contributed by atoms with Crippen LogP contribution in [0.5, 0.6) is 0 Å². The number of rotatable bonds is 0. The molecule has 0 bridgehead atoms. The third-order valence-corrected chi connectivity index (χ3v) is 2.15. The van der Waals surface area contributed by atoms with Crippen LogP contribution < -0.4 is 10.6 Å². The second-order valence-corrected chi connectivity index (χ2v) is 3.78. The molecule has 20 heavy (non-hydrogen) atoms. The van der Waals surface area contributed by atoms with E-state index in [4.69, 9.17) is 0 Å². The highest BCUT2D eigenvalue weighted by Gasteiger charge is 2.41. The van der Waals surface area contributed by atoms with Crippen molar-refractivity contribution in [1.82, 2.24) is 0 Å². The van der Waals surface area contributed by atoms with Gasteiger partial charge in [-0.2, -0.15) is 13.2 Å². The number of carbonyl (C=O) groups excluding carboxylic acids is 2. The molecule has 0 radical (unpaired) electrons. The number of carbonyl (C=O) groups is 2. The number of nitrogens with one attached hydrogen (secondary N) is 2. The minimum Gasteiger partial charge on any atom is -0.387 e. The normalized spacial score (nSPS) is 12.8. The maximum Gasteiger partial charge on any atom is 0.491 e. The first-order chi connectivity index (χ1) is 9.30. The molecule has 0 atom stereocenters. The molecule has 0 aromatic heterocycles. The van der Waals surface area contributed by atoms with Crippen molar-refractivity contribution in [3.63, 3.8) is 0 Å². The number of para-hydroxylation sites is 2. The van der Waals surface area contributed by atoms with Crippen molar-refractivity contribution >= 4 is 23.3 Å². The summed E-state index contributed by atoms with van der Waals surface area (Å²) in [6.07, 6.45) is -5.09. The first-order valence-electron chi connectivity index (χ1n) is 5.67. The average molecular weight is 290 g/mol. The maximum absolute atomic E-state index is 11.2. The molecule has 0 saturated carbocycles. The highest BCUT2D eigenvalue weighted by molar-refractivity contribution is 5.87. The second kappa shape index (κ2) is 6.78. The van der Waals surface area contributed by atoms with E-state index >= 15 is 0 Å². The Labute approximate surface area is 113 Å². The molecule has 1 aromatic rings. The van der Waals surface area contributed by atoms with Gasteiger partial charge in [-0.05, 0) is 12.1 Å². The minimum atomic E-state index is -5.09. The summed E-state index contributed by atoms with van der Waals surface area (Å²) in [6.45, 7) is 2.76. The van der Waals surface area contributed by atoms with Crippen molar-refractivity contribution in [3.05, 3.63) is 24.3 Å². The van der Waals surface area contributed by atoms with Gasteiger partial charge in [0.15, 0.2) is 0 Å². The molecular weight excluding hydrogens is 277 g/mol. The number of alkyl halides is 3. The quantitative estimate of drug-likeness (QED) is 0.566. The molecule has 1 aliphatic heterocycles. The van der Waals surface area contributed by atoms with Crippen molar-refractivity contribution in [3.8, 4) is 0 Å². The predicted molar refractivity (Wildman–Crippen MR) is 66.2 cm³/mol. The molecule has 0 amide bonds. The lowest BCUT2D eigenvalue weighted by molar-refractivity contribution is -0.201. The Kier molecular flexibility index (Phi) is 5.36. The lowest BCUT2D eigenvalue weighted by Crippen LogP contribution is -2.26.